The van der Waals surface area contributed by atoms with E-state index in [1.807, 2.05) is 13.8 Å². The number of hydrogen-bond donors (Lipinski definition) is 2. The molecule has 2 N–H and O–H groups in total. The quantitative estimate of drug-likeness (QED) is 0.607. The first-order valence-corrected chi connectivity index (χ1v) is 7.52. The summed E-state index contributed by atoms with van der Waals surface area (Å²) in [6, 6.07) is 6.98. The molecule has 1 aromatic carbocycles. The predicted octanol–water partition coefficient (Wildman–Crippen LogP) is 3.87. The summed E-state index contributed by atoms with van der Waals surface area (Å²) in [5.74, 6) is -0.308. The molecule has 7 heteroatoms. The molecule has 19 heavy (non-hydrogen) atoms. The van der Waals surface area contributed by atoms with E-state index in [9.17, 15) is 4.79 Å². The number of amides is 1. The van der Waals surface area contributed by atoms with Crippen LogP contribution in [0.3, 0.4) is 0 Å². The van der Waals surface area contributed by atoms with Gasteiger partial charge >= 0.3 is 0 Å². The summed E-state index contributed by atoms with van der Waals surface area (Å²) in [7, 11) is 0. The van der Waals surface area contributed by atoms with Crippen LogP contribution in [0.2, 0.25) is 0 Å². The predicted molar refractivity (Wildman–Crippen MR) is 84.0 cm³/mol. The van der Waals surface area contributed by atoms with Crippen LogP contribution in [-0.4, -0.2) is 21.9 Å². The fourth-order valence-electron chi connectivity index (χ4n) is 1.37. The lowest BCUT2D eigenvalue weighted by Crippen LogP contribution is -2.55. The Hall–Kier alpha value is -0.000000000000000111. The van der Waals surface area contributed by atoms with E-state index in [0.717, 1.165) is 4.47 Å². The lowest BCUT2D eigenvalue weighted by molar-refractivity contribution is 0.0928. The van der Waals surface area contributed by atoms with Crippen molar-refractivity contribution in [2.45, 2.75) is 29.8 Å². The Morgan fingerprint density at radius 1 is 1.21 bits per heavy atom. The molecule has 0 aliphatic heterocycles. The molecule has 3 nitrogen and oxygen atoms in total. The van der Waals surface area contributed by atoms with E-state index < -0.39 is 9.96 Å². The smallest absolute Gasteiger partial charge is 0.252 e. The molecule has 0 heterocycles. The van der Waals surface area contributed by atoms with Crippen LogP contribution in [0, 0.1) is 0 Å². The second-order valence-corrected chi connectivity index (χ2v) is 7.56. The van der Waals surface area contributed by atoms with Crippen molar-refractivity contribution >= 4 is 56.6 Å². The molecule has 1 atom stereocenters. The number of benzene rings is 1. The Bertz CT molecular complexity index is 432. The van der Waals surface area contributed by atoms with Crippen LogP contribution in [0.25, 0.3) is 0 Å². The Morgan fingerprint density at radius 2 is 1.74 bits per heavy atom. The monoisotopic (exact) mass is 386 g/mol. The molecular weight excluding hydrogens is 374 g/mol. The van der Waals surface area contributed by atoms with Gasteiger partial charge in [-0.1, -0.05) is 50.7 Å². The fraction of sp³-hybridized carbons (Fsp3) is 0.417. The van der Waals surface area contributed by atoms with Crippen molar-refractivity contribution in [3.63, 3.8) is 0 Å². The van der Waals surface area contributed by atoms with Gasteiger partial charge in [0, 0.05) is 16.1 Å². The second kappa shape index (κ2) is 7.14. The second-order valence-electron chi connectivity index (χ2n) is 4.28. The summed E-state index contributed by atoms with van der Waals surface area (Å²) >= 11 is 20.8. The summed E-state index contributed by atoms with van der Waals surface area (Å²) in [6.07, 6.45) is -0.770. The van der Waals surface area contributed by atoms with Gasteiger partial charge in [0.2, 0.25) is 3.79 Å². The van der Waals surface area contributed by atoms with Gasteiger partial charge in [-0.15, -0.1) is 0 Å². The summed E-state index contributed by atoms with van der Waals surface area (Å²) in [5, 5.41) is 5.66. The molecule has 0 aromatic heterocycles. The van der Waals surface area contributed by atoms with Crippen LogP contribution in [-0.2, 0) is 0 Å². The van der Waals surface area contributed by atoms with Crippen molar-refractivity contribution in [1.29, 1.82) is 0 Å². The number of carbonyl (C=O) groups is 1. The number of hydrogen-bond acceptors (Lipinski definition) is 2. The van der Waals surface area contributed by atoms with Crippen molar-refractivity contribution < 1.29 is 4.79 Å². The summed E-state index contributed by atoms with van der Waals surface area (Å²) in [5.41, 5.74) is 0.494. The largest absolute Gasteiger partial charge is 0.333 e. The Morgan fingerprint density at radius 3 is 2.16 bits per heavy atom. The number of alkyl halides is 3. The van der Waals surface area contributed by atoms with E-state index in [-0.39, 0.29) is 11.9 Å². The molecule has 106 valence electrons. The van der Waals surface area contributed by atoms with Crippen molar-refractivity contribution in [1.82, 2.24) is 10.6 Å². The van der Waals surface area contributed by atoms with Crippen LogP contribution < -0.4 is 10.6 Å². The lowest BCUT2D eigenvalue weighted by Gasteiger charge is -2.28. The number of nitrogens with one attached hydrogen (secondary N) is 2. The van der Waals surface area contributed by atoms with E-state index in [0.29, 0.717) is 5.56 Å². The molecule has 0 aliphatic carbocycles. The fourth-order valence-corrected chi connectivity index (χ4v) is 1.98. The van der Waals surface area contributed by atoms with Gasteiger partial charge in [-0.05, 0) is 38.1 Å². The third kappa shape index (κ3) is 5.88. The van der Waals surface area contributed by atoms with Gasteiger partial charge < -0.3 is 5.32 Å². The summed E-state index contributed by atoms with van der Waals surface area (Å²) in [4.78, 5) is 12.1. The maximum atomic E-state index is 12.1. The van der Waals surface area contributed by atoms with E-state index in [1.54, 1.807) is 24.3 Å². The van der Waals surface area contributed by atoms with Gasteiger partial charge in [0.1, 0.15) is 6.17 Å². The van der Waals surface area contributed by atoms with E-state index >= 15 is 0 Å². The standard InChI is InChI=1S/C12H14BrCl3N2O/c1-7(2)17-11(12(14,15)16)18-10(19)8-3-5-9(13)6-4-8/h3-7,11,17H,1-2H3,(H,18,19)/t11-/m1/s1. The van der Waals surface area contributed by atoms with Gasteiger partial charge in [0.15, 0.2) is 0 Å². The molecule has 1 rings (SSSR count). The van der Waals surface area contributed by atoms with Gasteiger partial charge in [-0.25, -0.2) is 0 Å². The highest BCUT2D eigenvalue weighted by Crippen LogP contribution is 2.29. The van der Waals surface area contributed by atoms with E-state index in [1.165, 1.54) is 0 Å². The third-order valence-corrected chi connectivity index (χ3v) is 3.39. The van der Waals surface area contributed by atoms with Crippen LogP contribution in [0.4, 0.5) is 0 Å². The summed E-state index contributed by atoms with van der Waals surface area (Å²) < 4.78 is -0.739. The number of carbonyl (C=O) groups excluding carboxylic acids is 1. The van der Waals surface area contributed by atoms with E-state index in [2.05, 4.69) is 26.6 Å². The lowest BCUT2D eigenvalue weighted by atomic mass is 10.2. The first-order chi connectivity index (χ1) is 8.70. The molecule has 0 radical (unpaired) electrons. The van der Waals surface area contributed by atoms with Gasteiger partial charge in [-0.3, -0.25) is 10.1 Å². The minimum Gasteiger partial charge on any atom is -0.333 e. The van der Waals surface area contributed by atoms with Crippen LogP contribution in [0.1, 0.15) is 24.2 Å². The first kappa shape index (κ1) is 17.1. The molecule has 0 aliphatic rings. The average Bonchev–Trinajstić information content (AvgIpc) is 2.27. The summed E-state index contributed by atoms with van der Waals surface area (Å²) in [6.45, 7) is 3.80. The zero-order valence-electron chi connectivity index (χ0n) is 10.4. The molecule has 0 saturated carbocycles. The average molecular weight is 389 g/mol. The van der Waals surface area contributed by atoms with E-state index in [4.69, 9.17) is 34.8 Å². The van der Waals surface area contributed by atoms with Crippen molar-refractivity contribution in [3.05, 3.63) is 34.3 Å². The van der Waals surface area contributed by atoms with Gasteiger partial charge in [0.05, 0.1) is 0 Å². The van der Waals surface area contributed by atoms with Crippen LogP contribution in [0.15, 0.2) is 28.7 Å². The van der Waals surface area contributed by atoms with Crippen LogP contribution in [0.5, 0.6) is 0 Å². The molecule has 1 amide bonds. The molecule has 0 saturated heterocycles. The zero-order chi connectivity index (χ0) is 14.6. The minimum absolute atomic E-state index is 0.0610. The Kier molecular flexibility index (Phi) is 6.40. The third-order valence-electron chi connectivity index (χ3n) is 2.21. The molecule has 0 bridgehead atoms. The zero-order valence-corrected chi connectivity index (χ0v) is 14.2. The van der Waals surface area contributed by atoms with Gasteiger partial charge in [-0.2, -0.15) is 0 Å². The van der Waals surface area contributed by atoms with Crippen molar-refractivity contribution in [3.8, 4) is 0 Å². The maximum absolute atomic E-state index is 12.1. The highest BCUT2D eigenvalue weighted by atomic mass is 79.9. The Labute approximate surface area is 136 Å². The molecule has 0 spiro atoms. The molecule has 1 aromatic rings. The Balaban J connectivity index is 2.79. The van der Waals surface area contributed by atoms with Gasteiger partial charge in [0.25, 0.3) is 5.91 Å². The molecule has 0 fully saturated rings. The highest BCUT2D eigenvalue weighted by molar-refractivity contribution is 9.10. The number of halogens is 4. The topological polar surface area (TPSA) is 41.1 Å². The number of rotatable bonds is 4. The highest BCUT2D eigenvalue weighted by Gasteiger charge is 2.34. The first-order valence-electron chi connectivity index (χ1n) is 5.59. The normalized spacial score (nSPS) is 13.4. The SMILES string of the molecule is CC(C)N[C@H](NC(=O)c1ccc(Br)cc1)C(Cl)(Cl)Cl. The van der Waals surface area contributed by atoms with Crippen molar-refractivity contribution in [2.24, 2.45) is 0 Å². The molecule has 0 unspecified atom stereocenters. The maximum Gasteiger partial charge on any atom is 0.252 e. The molecular formula is C12H14BrCl3N2O. The van der Waals surface area contributed by atoms with Crippen LogP contribution >= 0.6 is 50.7 Å². The minimum atomic E-state index is -1.63. The van der Waals surface area contributed by atoms with Crippen molar-refractivity contribution in [2.75, 3.05) is 0 Å².